The van der Waals surface area contributed by atoms with Crippen molar-refractivity contribution in [3.63, 3.8) is 0 Å². The molecule has 0 atom stereocenters. The first-order valence-corrected chi connectivity index (χ1v) is 7.77. The molecule has 0 bridgehead atoms. The van der Waals surface area contributed by atoms with Crippen molar-refractivity contribution in [2.24, 2.45) is 5.73 Å². The summed E-state index contributed by atoms with van der Waals surface area (Å²) in [7, 11) is -1.95. The van der Waals surface area contributed by atoms with Gasteiger partial charge in [0.25, 0.3) is 0 Å². The van der Waals surface area contributed by atoms with Gasteiger partial charge < -0.3 is 14.9 Å². The SMILES string of the molecule is COC1CC(NS(=O)(=O)c2cc(CN)oc2Br)C1. The van der Waals surface area contributed by atoms with Gasteiger partial charge in [-0.2, -0.15) is 0 Å². The molecule has 102 valence electrons. The Morgan fingerprint density at radius 2 is 2.28 bits per heavy atom. The zero-order valence-electron chi connectivity index (χ0n) is 9.85. The molecule has 8 heteroatoms. The summed E-state index contributed by atoms with van der Waals surface area (Å²) >= 11 is 3.08. The van der Waals surface area contributed by atoms with Crippen molar-refractivity contribution in [3.8, 4) is 0 Å². The Morgan fingerprint density at radius 3 is 2.78 bits per heavy atom. The summed E-state index contributed by atoms with van der Waals surface area (Å²) in [4.78, 5) is 0.0869. The van der Waals surface area contributed by atoms with Crippen LogP contribution in [0.5, 0.6) is 0 Å². The van der Waals surface area contributed by atoms with Crippen LogP contribution >= 0.6 is 15.9 Å². The molecular weight excluding hydrogens is 324 g/mol. The molecule has 2 rings (SSSR count). The summed E-state index contributed by atoms with van der Waals surface area (Å²) in [6.45, 7) is 0.156. The zero-order chi connectivity index (χ0) is 13.3. The largest absolute Gasteiger partial charge is 0.452 e. The number of nitrogens with one attached hydrogen (secondary N) is 1. The first-order chi connectivity index (χ1) is 8.46. The van der Waals surface area contributed by atoms with Crippen LogP contribution in [0, 0.1) is 0 Å². The van der Waals surface area contributed by atoms with Gasteiger partial charge in [0.1, 0.15) is 10.7 Å². The molecule has 0 aromatic carbocycles. The van der Waals surface area contributed by atoms with Crippen LogP contribution in [0.3, 0.4) is 0 Å². The van der Waals surface area contributed by atoms with Crippen LogP contribution in [0.25, 0.3) is 0 Å². The maximum atomic E-state index is 12.1. The zero-order valence-corrected chi connectivity index (χ0v) is 12.3. The van der Waals surface area contributed by atoms with E-state index in [4.69, 9.17) is 14.9 Å². The van der Waals surface area contributed by atoms with Crippen molar-refractivity contribution < 1.29 is 17.6 Å². The summed E-state index contributed by atoms with van der Waals surface area (Å²) in [6, 6.07) is 1.35. The van der Waals surface area contributed by atoms with Crippen molar-refractivity contribution in [1.82, 2.24) is 4.72 Å². The second kappa shape index (κ2) is 5.30. The Labute approximate surface area is 114 Å². The van der Waals surface area contributed by atoms with Crippen molar-refractivity contribution in [3.05, 3.63) is 16.5 Å². The molecule has 1 aliphatic rings. The van der Waals surface area contributed by atoms with Gasteiger partial charge in [0.15, 0.2) is 4.67 Å². The Balaban J connectivity index is 2.09. The van der Waals surface area contributed by atoms with E-state index in [-0.39, 0.29) is 28.3 Å². The topological polar surface area (TPSA) is 94.6 Å². The van der Waals surface area contributed by atoms with Crippen LogP contribution < -0.4 is 10.5 Å². The normalized spacial score (nSPS) is 23.9. The summed E-state index contributed by atoms with van der Waals surface area (Å²) in [5.41, 5.74) is 5.40. The molecule has 1 aromatic rings. The van der Waals surface area contributed by atoms with Crippen molar-refractivity contribution in [1.29, 1.82) is 0 Å². The lowest BCUT2D eigenvalue weighted by atomic mass is 9.90. The number of sulfonamides is 1. The van der Waals surface area contributed by atoms with E-state index in [1.54, 1.807) is 7.11 Å². The van der Waals surface area contributed by atoms with Crippen molar-refractivity contribution in [2.75, 3.05) is 7.11 Å². The van der Waals surface area contributed by atoms with E-state index in [0.29, 0.717) is 18.6 Å². The summed E-state index contributed by atoms with van der Waals surface area (Å²) in [5.74, 6) is 0.422. The number of nitrogens with two attached hydrogens (primary N) is 1. The van der Waals surface area contributed by atoms with Gasteiger partial charge in [0.2, 0.25) is 10.0 Å². The quantitative estimate of drug-likeness (QED) is 0.833. The van der Waals surface area contributed by atoms with Crippen molar-refractivity contribution in [2.45, 2.75) is 36.4 Å². The second-order valence-corrected chi connectivity index (χ2v) is 6.60. The number of ether oxygens (including phenoxy) is 1. The van der Waals surface area contributed by atoms with Crippen LogP contribution in [0.15, 0.2) is 20.0 Å². The van der Waals surface area contributed by atoms with Gasteiger partial charge in [-0.3, -0.25) is 0 Å². The van der Waals surface area contributed by atoms with E-state index >= 15 is 0 Å². The monoisotopic (exact) mass is 338 g/mol. The highest BCUT2D eigenvalue weighted by atomic mass is 79.9. The lowest BCUT2D eigenvalue weighted by molar-refractivity contribution is 0.0236. The van der Waals surface area contributed by atoms with Crippen LogP contribution in [-0.4, -0.2) is 27.7 Å². The first kappa shape index (κ1) is 14.0. The molecule has 1 fully saturated rings. The molecule has 0 aliphatic heterocycles. The molecule has 1 heterocycles. The minimum absolute atomic E-state index is 0.0805. The third kappa shape index (κ3) is 2.77. The fourth-order valence-corrected chi connectivity index (χ4v) is 4.08. The van der Waals surface area contributed by atoms with Crippen LogP contribution in [-0.2, 0) is 21.3 Å². The molecule has 1 saturated carbocycles. The molecule has 0 unspecified atom stereocenters. The maximum absolute atomic E-state index is 12.1. The van der Waals surface area contributed by atoms with Crippen LogP contribution in [0.2, 0.25) is 0 Å². The van der Waals surface area contributed by atoms with Gasteiger partial charge in [-0.1, -0.05) is 0 Å². The number of rotatable bonds is 5. The average molecular weight is 339 g/mol. The fraction of sp³-hybridized carbons (Fsp3) is 0.600. The predicted octanol–water partition coefficient (Wildman–Crippen LogP) is 0.956. The molecule has 1 aliphatic carbocycles. The van der Waals surface area contributed by atoms with Crippen LogP contribution in [0.1, 0.15) is 18.6 Å². The van der Waals surface area contributed by atoms with Gasteiger partial charge in [-0.05, 0) is 28.8 Å². The lowest BCUT2D eigenvalue weighted by Gasteiger charge is -2.34. The molecule has 1 aromatic heterocycles. The average Bonchev–Trinajstić information content (AvgIpc) is 2.65. The summed E-state index contributed by atoms with van der Waals surface area (Å²) < 4.78 is 37.3. The van der Waals surface area contributed by atoms with Gasteiger partial charge in [-0.15, -0.1) is 0 Å². The van der Waals surface area contributed by atoms with E-state index in [1.807, 2.05) is 0 Å². The first-order valence-electron chi connectivity index (χ1n) is 5.49. The minimum atomic E-state index is -3.57. The molecule has 0 amide bonds. The molecule has 0 spiro atoms. The van der Waals surface area contributed by atoms with Gasteiger partial charge in [0.05, 0.1) is 12.6 Å². The third-order valence-electron chi connectivity index (χ3n) is 2.95. The third-order valence-corrected chi connectivity index (χ3v) is 5.32. The van der Waals surface area contributed by atoms with Crippen LogP contribution in [0.4, 0.5) is 0 Å². The fourth-order valence-electron chi connectivity index (χ4n) is 1.82. The van der Waals surface area contributed by atoms with Gasteiger partial charge >= 0.3 is 0 Å². The Bertz CT molecular complexity index is 522. The lowest BCUT2D eigenvalue weighted by Crippen LogP contribution is -2.47. The number of halogens is 1. The number of hydrogen-bond acceptors (Lipinski definition) is 5. The van der Waals surface area contributed by atoms with Crippen molar-refractivity contribution >= 4 is 26.0 Å². The molecule has 0 radical (unpaired) electrons. The van der Waals surface area contributed by atoms with E-state index in [0.717, 1.165) is 0 Å². The summed E-state index contributed by atoms with van der Waals surface area (Å²) in [6.07, 6.45) is 1.52. The maximum Gasteiger partial charge on any atom is 0.245 e. The minimum Gasteiger partial charge on any atom is -0.452 e. The number of hydrogen-bond donors (Lipinski definition) is 2. The molecule has 18 heavy (non-hydrogen) atoms. The predicted molar refractivity (Wildman–Crippen MR) is 68.4 cm³/mol. The second-order valence-electron chi connectivity index (χ2n) is 4.20. The highest BCUT2D eigenvalue weighted by Gasteiger charge is 2.34. The highest BCUT2D eigenvalue weighted by Crippen LogP contribution is 2.29. The Hall–Kier alpha value is -0.410. The van der Waals surface area contributed by atoms with E-state index in [9.17, 15) is 8.42 Å². The molecular formula is C10H15BrN2O4S. The summed E-state index contributed by atoms with van der Waals surface area (Å²) in [5, 5.41) is 0. The molecule has 6 nitrogen and oxygen atoms in total. The molecule has 3 N–H and O–H groups in total. The molecule has 0 saturated heterocycles. The standard InChI is InChI=1S/C10H15BrN2O4S/c1-16-7-2-6(3-7)13-18(14,15)9-4-8(5-12)17-10(9)11/h4,6-7,13H,2-3,5,12H2,1H3. The highest BCUT2D eigenvalue weighted by molar-refractivity contribution is 9.10. The Morgan fingerprint density at radius 1 is 1.61 bits per heavy atom. The Kier molecular flexibility index (Phi) is 4.12. The number of methoxy groups -OCH3 is 1. The van der Waals surface area contributed by atoms with E-state index in [2.05, 4.69) is 20.7 Å². The van der Waals surface area contributed by atoms with Gasteiger partial charge in [-0.25, -0.2) is 13.1 Å². The van der Waals surface area contributed by atoms with E-state index < -0.39 is 10.0 Å². The van der Waals surface area contributed by atoms with E-state index in [1.165, 1.54) is 6.07 Å². The number of furan rings is 1. The smallest absolute Gasteiger partial charge is 0.245 e. The van der Waals surface area contributed by atoms with Gasteiger partial charge in [0, 0.05) is 19.2 Å².